The summed E-state index contributed by atoms with van der Waals surface area (Å²) in [4.78, 5) is 14.5. The summed E-state index contributed by atoms with van der Waals surface area (Å²) in [7, 11) is 1.88. The molecule has 2 aliphatic rings. The van der Waals surface area contributed by atoms with E-state index in [1.807, 2.05) is 11.9 Å². The van der Waals surface area contributed by atoms with Crippen LogP contribution < -0.4 is 5.32 Å². The Kier molecular flexibility index (Phi) is 3.31. The van der Waals surface area contributed by atoms with E-state index in [0.29, 0.717) is 13.0 Å². The van der Waals surface area contributed by atoms with Crippen LogP contribution in [0.25, 0.3) is 0 Å². The summed E-state index contributed by atoms with van der Waals surface area (Å²) in [5.74, 6) is -0.319. The van der Waals surface area contributed by atoms with Crippen LogP contribution in [0.1, 0.15) is 6.42 Å². The lowest BCUT2D eigenvalue weighted by Crippen LogP contribution is -2.63. The fraction of sp³-hybridized carbons (Fsp3) is 0.900. The van der Waals surface area contributed by atoms with E-state index in [-0.39, 0.29) is 25.0 Å². The van der Waals surface area contributed by atoms with Gasteiger partial charge in [-0.15, -0.1) is 0 Å². The van der Waals surface area contributed by atoms with Crippen LogP contribution in [0.15, 0.2) is 0 Å². The standard InChI is InChI=1S/C10H16F3N3O/c1-15-3-2-7(5-15)16-6-9(17)14-4-8(16)10(11,12)13/h7-8H,2-6H2,1H3,(H,14,17). The van der Waals surface area contributed by atoms with Crippen molar-refractivity contribution >= 4 is 5.91 Å². The summed E-state index contributed by atoms with van der Waals surface area (Å²) in [6, 6.07) is -1.71. The molecule has 7 heteroatoms. The average Bonchev–Trinajstić information content (AvgIpc) is 2.62. The van der Waals surface area contributed by atoms with Gasteiger partial charge >= 0.3 is 6.18 Å². The van der Waals surface area contributed by atoms with E-state index in [1.54, 1.807) is 0 Å². The highest BCUT2D eigenvalue weighted by atomic mass is 19.4. The maximum atomic E-state index is 12.9. The van der Waals surface area contributed by atoms with Gasteiger partial charge in [0, 0.05) is 19.1 Å². The Morgan fingerprint density at radius 3 is 2.65 bits per heavy atom. The summed E-state index contributed by atoms with van der Waals surface area (Å²) >= 11 is 0. The molecule has 98 valence electrons. The number of nitrogens with zero attached hydrogens (tertiary/aromatic N) is 2. The second-order valence-corrected chi connectivity index (χ2v) is 4.74. The summed E-state index contributed by atoms with van der Waals surface area (Å²) in [5.41, 5.74) is 0. The normalized spacial score (nSPS) is 32.8. The third kappa shape index (κ3) is 2.71. The zero-order valence-electron chi connectivity index (χ0n) is 9.63. The molecule has 0 radical (unpaired) electrons. The Hall–Kier alpha value is -0.820. The predicted molar refractivity (Wildman–Crippen MR) is 55.5 cm³/mol. The van der Waals surface area contributed by atoms with E-state index < -0.39 is 12.2 Å². The van der Waals surface area contributed by atoms with Crippen molar-refractivity contribution in [3.8, 4) is 0 Å². The topological polar surface area (TPSA) is 35.6 Å². The number of hydrogen-bond acceptors (Lipinski definition) is 3. The first-order valence-electron chi connectivity index (χ1n) is 5.65. The number of rotatable bonds is 1. The molecule has 0 saturated carbocycles. The van der Waals surface area contributed by atoms with Gasteiger partial charge < -0.3 is 10.2 Å². The molecule has 2 rings (SSSR count). The molecule has 2 fully saturated rings. The van der Waals surface area contributed by atoms with Crippen molar-refractivity contribution in [2.45, 2.75) is 24.7 Å². The first kappa shape index (κ1) is 12.6. The average molecular weight is 251 g/mol. The fourth-order valence-corrected chi connectivity index (χ4v) is 2.53. The summed E-state index contributed by atoms with van der Waals surface area (Å²) < 4.78 is 38.6. The maximum Gasteiger partial charge on any atom is 0.405 e. The minimum atomic E-state index is -4.28. The van der Waals surface area contributed by atoms with Gasteiger partial charge in [-0.25, -0.2) is 0 Å². The van der Waals surface area contributed by atoms with E-state index in [4.69, 9.17) is 0 Å². The third-order valence-corrected chi connectivity index (χ3v) is 3.43. The maximum absolute atomic E-state index is 12.9. The Labute approximate surface area is 97.7 Å². The molecule has 4 nitrogen and oxygen atoms in total. The minimum Gasteiger partial charge on any atom is -0.353 e. The van der Waals surface area contributed by atoms with E-state index >= 15 is 0 Å². The van der Waals surface area contributed by atoms with E-state index in [1.165, 1.54) is 4.90 Å². The molecule has 2 unspecified atom stereocenters. The van der Waals surface area contributed by atoms with Crippen LogP contribution in [-0.4, -0.2) is 67.2 Å². The molecule has 0 aliphatic carbocycles. The summed E-state index contributed by atoms with van der Waals surface area (Å²) in [6.07, 6.45) is -3.59. The lowest BCUT2D eigenvalue weighted by Gasteiger charge is -2.40. The largest absolute Gasteiger partial charge is 0.405 e. The van der Waals surface area contributed by atoms with Gasteiger partial charge in [-0.1, -0.05) is 0 Å². The fourth-order valence-electron chi connectivity index (χ4n) is 2.53. The number of carbonyl (C=O) groups excluding carboxylic acids is 1. The van der Waals surface area contributed by atoms with Gasteiger partial charge in [0.2, 0.25) is 5.91 Å². The van der Waals surface area contributed by atoms with Gasteiger partial charge in [0.15, 0.2) is 0 Å². The lowest BCUT2D eigenvalue weighted by molar-refractivity contribution is -0.194. The third-order valence-electron chi connectivity index (χ3n) is 3.43. The van der Waals surface area contributed by atoms with Crippen molar-refractivity contribution in [1.29, 1.82) is 0 Å². The Bertz CT molecular complexity index is 308. The zero-order valence-corrected chi connectivity index (χ0v) is 9.63. The van der Waals surface area contributed by atoms with Gasteiger partial charge in [-0.05, 0) is 20.0 Å². The molecule has 1 amide bonds. The highest BCUT2D eigenvalue weighted by molar-refractivity contribution is 5.79. The highest BCUT2D eigenvalue weighted by Crippen LogP contribution is 2.29. The van der Waals surface area contributed by atoms with Gasteiger partial charge in [0.25, 0.3) is 0 Å². The molecular formula is C10H16F3N3O. The molecule has 0 aromatic carbocycles. The van der Waals surface area contributed by atoms with Gasteiger partial charge in [-0.2, -0.15) is 13.2 Å². The number of halogens is 3. The predicted octanol–water partition coefficient (Wildman–Crippen LogP) is 0.0532. The van der Waals surface area contributed by atoms with Crippen LogP contribution in [0.5, 0.6) is 0 Å². The molecule has 0 aromatic rings. The van der Waals surface area contributed by atoms with Crippen LogP contribution in [0.4, 0.5) is 13.2 Å². The molecule has 2 heterocycles. The SMILES string of the molecule is CN1CCC(N2CC(=O)NCC2C(F)(F)F)C1. The minimum absolute atomic E-state index is 0.150. The lowest BCUT2D eigenvalue weighted by atomic mass is 10.1. The molecule has 0 spiro atoms. The number of carbonyl (C=O) groups is 1. The van der Waals surface area contributed by atoms with Crippen LogP contribution >= 0.6 is 0 Å². The first-order chi connectivity index (χ1) is 7.88. The Morgan fingerprint density at radius 1 is 1.41 bits per heavy atom. The van der Waals surface area contributed by atoms with E-state index in [0.717, 1.165) is 6.54 Å². The quantitative estimate of drug-likeness (QED) is 0.715. The second kappa shape index (κ2) is 4.45. The van der Waals surface area contributed by atoms with Crippen molar-refractivity contribution in [2.75, 3.05) is 33.2 Å². The molecule has 0 bridgehead atoms. The van der Waals surface area contributed by atoms with Gasteiger partial charge in [0.1, 0.15) is 6.04 Å². The van der Waals surface area contributed by atoms with Crippen LogP contribution in [-0.2, 0) is 4.79 Å². The van der Waals surface area contributed by atoms with Gasteiger partial charge in [-0.3, -0.25) is 9.69 Å². The van der Waals surface area contributed by atoms with Crippen molar-refractivity contribution in [1.82, 2.24) is 15.1 Å². The summed E-state index contributed by atoms with van der Waals surface area (Å²) in [5, 5.41) is 2.29. The molecule has 2 aliphatic heterocycles. The second-order valence-electron chi connectivity index (χ2n) is 4.74. The first-order valence-corrected chi connectivity index (χ1v) is 5.65. The van der Waals surface area contributed by atoms with Crippen molar-refractivity contribution in [3.63, 3.8) is 0 Å². The molecule has 1 N–H and O–H groups in total. The number of alkyl halides is 3. The van der Waals surface area contributed by atoms with Crippen LogP contribution in [0.2, 0.25) is 0 Å². The summed E-state index contributed by atoms with van der Waals surface area (Å²) in [6.45, 7) is 0.901. The van der Waals surface area contributed by atoms with E-state index in [9.17, 15) is 18.0 Å². The number of hydrogen-bond donors (Lipinski definition) is 1. The van der Waals surface area contributed by atoms with E-state index in [2.05, 4.69) is 5.32 Å². The van der Waals surface area contributed by atoms with Crippen LogP contribution in [0.3, 0.4) is 0 Å². The molecule has 0 aromatic heterocycles. The van der Waals surface area contributed by atoms with Crippen molar-refractivity contribution in [3.05, 3.63) is 0 Å². The molecule has 2 saturated heterocycles. The number of likely N-dealkylation sites (tertiary alicyclic amines) is 1. The number of amides is 1. The zero-order chi connectivity index (χ0) is 12.6. The smallest absolute Gasteiger partial charge is 0.353 e. The molecular weight excluding hydrogens is 235 g/mol. The molecule has 17 heavy (non-hydrogen) atoms. The number of piperazine rings is 1. The highest BCUT2D eigenvalue weighted by Gasteiger charge is 2.48. The van der Waals surface area contributed by atoms with Crippen molar-refractivity contribution in [2.24, 2.45) is 0 Å². The number of likely N-dealkylation sites (N-methyl/N-ethyl adjacent to an activating group) is 1. The number of nitrogens with one attached hydrogen (secondary N) is 1. The Morgan fingerprint density at radius 2 is 2.12 bits per heavy atom. The monoisotopic (exact) mass is 251 g/mol. The molecule has 2 atom stereocenters. The van der Waals surface area contributed by atoms with Crippen LogP contribution in [0, 0.1) is 0 Å². The Balaban J connectivity index is 2.11. The van der Waals surface area contributed by atoms with Crippen molar-refractivity contribution < 1.29 is 18.0 Å². The van der Waals surface area contributed by atoms with Gasteiger partial charge in [0.05, 0.1) is 6.54 Å².